The molecule has 0 amide bonds. The van der Waals surface area contributed by atoms with E-state index in [4.69, 9.17) is 4.74 Å². The fourth-order valence-corrected chi connectivity index (χ4v) is 3.67. The Balaban J connectivity index is 1.82. The van der Waals surface area contributed by atoms with Gasteiger partial charge in [-0.1, -0.05) is 26.2 Å². The molecule has 124 valence electrons. The third-order valence-electron chi connectivity index (χ3n) is 4.71. The van der Waals surface area contributed by atoms with E-state index in [9.17, 15) is 13.2 Å². The van der Waals surface area contributed by atoms with Gasteiger partial charge in [0, 0.05) is 31.2 Å². The molecule has 1 atom stereocenters. The smallest absolute Gasteiger partial charge is 0.371 e. The van der Waals surface area contributed by atoms with Gasteiger partial charge in [0.2, 0.25) is 0 Å². The summed E-state index contributed by atoms with van der Waals surface area (Å²) < 4.78 is 41.1. The van der Waals surface area contributed by atoms with E-state index in [0.717, 1.165) is 25.9 Å². The van der Waals surface area contributed by atoms with Crippen LogP contribution in [0.2, 0.25) is 0 Å². The Hall–Kier alpha value is -0.330. The second-order valence-electron chi connectivity index (χ2n) is 6.45. The molecule has 1 aliphatic carbocycles. The van der Waals surface area contributed by atoms with Gasteiger partial charge in [-0.3, -0.25) is 4.90 Å². The summed E-state index contributed by atoms with van der Waals surface area (Å²) in [6, 6.07) is 0.427. The van der Waals surface area contributed by atoms with E-state index in [0.29, 0.717) is 12.6 Å². The van der Waals surface area contributed by atoms with E-state index >= 15 is 0 Å². The average molecular weight is 308 g/mol. The Morgan fingerprint density at radius 2 is 2.00 bits per heavy atom. The highest BCUT2D eigenvalue weighted by atomic mass is 19.4. The summed E-state index contributed by atoms with van der Waals surface area (Å²) in [5.74, 6) is 0. The summed E-state index contributed by atoms with van der Waals surface area (Å²) in [6.07, 6.45) is 2.84. The first-order chi connectivity index (χ1) is 9.94. The molecule has 1 saturated heterocycles. The van der Waals surface area contributed by atoms with Crippen molar-refractivity contribution in [2.24, 2.45) is 0 Å². The highest BCUT2D eigenvalue weighted by Gasteiger charge is 2.40. The predicted molar refractivity (Wildman–Crippen MR) is 76.3 cm³/mol. The Morgan fingerprint density at radius 3 is 2.62 bits per heavy atom. The zero-order valence-electron chi connectivity index (χ0n) is 12.8. The Morgan fingerprint density at radius 1 is 1.29 bits per heavy atom. The summed E-state index contributed by atoms with van der Waals surface area (Å²) in [5, 5.41) is 3.71. The monoisotopic (exact) mass is 308 g/mol. The van der Waals surface area contributed by atoms with Crippen molar-refractivity contribution in [3.8, 4) is 0 Å². The van der Waals surface area contributed by atoms with Crippen molar-refractivity contribution in [1.29, 1.82) is 0 Å². The molecule has 1 aliphatic heterocycles. The normalized spacial score (nSPS) is 26.6. The average Bonchev–Trinajstić information content (AvgIpc) is 2.85. The topological polar surface area (TPSA) is 24.5 Å². The van der Waals surface area contributed by atoms with Crippen LogP contribution in [0.3, 0.4) is 0 Å². The van der Waals surface area contributed by atoms with Gasteiger partial charge in [0.05, 0.1) is 6.61 Å². The highest BCUT2D eigenvalue weighted by molar-refractivity contribution is 5.00. The van der Waals surface area contributed by atoms with Crippen molar-refractivity contribution < 1.29 is 17.9 Å². The van der Waals surface area contributed by atoms with Crippen LogP contribution in [0, 0.1) is 0 Å². The summed E-state index contributed by atoms with van der Waals surface area (Å²) >= 11 is 0. The van der Waals surface area contributed by atoms with Crippen LogP contribution in [-0.4, -0.2) is 55.5 Å². The second-order valence-corrected chi connectivity index (χ2v) is 6.45. The van der Waals surface area contributed by atoms with Gasteiger partial charge in [-0.15, -0.1) is 0 Å². The summed E-state index contributed by atoms with van der Waals surface area (Å²) in [5.41, 5.74) is 0.203. The lowest BCUT2D eigenvalue weighted by atomic mass is 9.91. The van der Waals surface area contributed by atoms with Crippen molar-refractivity contribution in [3.05, 3.63) is 0 Å². The molecule has 2 aliphatic rings. The van der Waals surface area contributed by atoms with Gasteiger partial charge < -0.3 is 10.1 Å². The lowest BCUT2D eigenvalue weighted by Gasteiger charge is -2.46. The molecule has 0 aromatic carbocycles. The van der Waals surface area contributed by atoms with Crippen molar-refractivity contribution >= 4 is 0 Å². The van der Waals surface area contributed by atoms with Crippen molar-refractivity contribution in [1.82, 2.24) is 10.2 Å². The molecule has 1 heterocycles. The third kappa shape index (κ3) is 5.11. The van der Waals surface area contributed by atoms with Crippen molar-refractivity contribution in [2.75, 3.05) is 32.8 Å². The van der Waals surface area contributed by atoms with E-state index in [1.165, 1.54) is 25.7 Å². The number of ether oxygens (including phenoxy) is 1. The van der Waals surface area contributed by atoms with Crippen LogP contribution in [-0.2, 0) is 4.74 Å². The molecular weight excluding hydrogens is 281 g/mol. The number of nitrogens with zero attached hydrogens (tertiary/aromatic N) is 1. The summed E-state index contributed by atoms with van der Waals surface area (Å²) in [7, 11) is 0. The van der Waals surface area contributed by atoms with Crippen LogP contribution >= 0.6 is 0 Å². The van der Waals surface area contributed by atoms with E-state index < -0.39 is 12.8 Å². The molecule has 0 aromatic rings. The maximum atomic E-state index is 12.1. The maximum absolute atomic E-state index is 12.1. The van der Waals surface area contributed by atoms with Crippen LogP contribution in [0.15, 0.2) is 0 Å². The molecule has 6 heteroatoms. The minimum Gasteiger partial charge on any atom is -0.371 e. The lowest BCUT2D eigenvalue weighted by molar-refractivity contribution is -0.175. The molecule has 3 nitrogen and oxygen atoms in total. The van der Waals surface area contributed by atoms with Crippen LogP contribution in [0.4, 0.5) is 13.2 Å². The van der Waals surface area contributed by atoms with Crippen LogP contribution < -0.4 is 5.32 Å². The number of piperazine rings is 1. The van der Waals surface area contributed by atoms with Gasteiger partial charge in [0.25, 0.3) is 0 Å². The Kier molecular flexibility index (Phi) is 5.91. The van der Waals surface area contributed by atoms with Gasteiger partial charge >= 0.3 is 6.18 Å². The van der Waals surface area contributed by atoms with Crippen LogP contribution in [0.1, 0.15) is 45.4 Å². The highest BCUT2D eigenvalue weighted by Crippen LogP contribution is 2.33. The van der Waals surface area contributed by atoms with Crippen LogP contribution in [0.5, 0.6) is 0 Å². The van der Waals surface area contributed by atoms with E-state index in [1.54, 1.807) is 0 Å². The van der Waals surface area contributed by atoms with Crippen LogP contribution in [0.25, 0.3) is 0 Å². The SMILES string of the molecule is CCCC1CNC2(CCCC2)CN1CCOCC(F)(F)F. The number of hydrogen-bond acceptors (Lipinski definition) is 3. The maximum Gasteiger partial charge on any atom is 0.411 e. The molecule has 21 heavy (non-hydrogen) atoms. The third-order valence-corrected chi connectivity index (χ3v) is 4.71. The quantitative estimate of drug-likeness (QED) is 0.764. The van der Waals surface area contributed by atoms with Crippen molar-refractivity contribution in [2.45, 2.75) is 63.2 Å². The van der Waals surface area contributed by atoms with E-state index in [1.807, 2.05) is 0 Å². The molecule has 0 aromatic heterocycles. The number of rotatable bonds is 6. The fourth-order valence-electron chi connectivity index (χ4n) is 3.67. The second kappa shape index (κ2) is 7.29. The van der Waals surface area contributed by atoms with E-state index in [-0.39, 0.29) is 12.1 Å². The Bertz CT molecular complexity index is 317. The first kappa shape index (κ1) is 17.0. The van der Waals surface area contributed by atoms with Gasteiger partial charge in [-0.05, 0) is 19.3 Å². The van der Waals surface area contributed by atoms with Crippen molar-refractivity contribution in [3.63, 3.8) is 0 Å². The number of hydrogen-bond donors (Lipinski definition) is 1. The van der Waals surface area contributed by atoms with Gasteiger partial charge in [0.15, 0.2) is 0 Å². The molecule has 0 bridgehead atoms. The number of nitrogens with one attached hydrogen (secondary N) is 1. The largest absolute Gasteiger partial charge is 0.411 e. The van der Waals surface area contributed by atoms with E-state index in [2.05, 4.69) is 17.1 Å². The number of halogens is 3. The van der Waals surface area contributed by atoms with Gasteiger partial charge in [0.1, 0.15) is 6.61 Å². The molecular formula is C15H27F3N2O. The zero-order valence-corrected chi connectivity index (χ0v) is 12.8. The summed E-state index contributed by atoms with van der Waals surface area (Å²) in [6.45, 7) is 3.68. The predicted octanol–water partition coefficient (Wildman–Crippen LogP) is 2.95. The molecule has 1 spiro atoms. The van der Waals surface area contributed by atoms with Gasteiger partial charge in [-0.25, -0.2) is 0 Å². The van der Waals surface area contributed by atoms with Gasteiger partial charge in [-0.2, -0.15) is 13.2 Å². The lowest BCUT2D eigenvalue weighted by Crippen LogP contribution is -2.63. The molecule has 2 fully saturated rings. The number of alkyl halides is 3. The minimum atomic E-state index is -4.22. The molecule has 1 saturated carbocycles. The Labute approximate surface area is 125 Å². The molecule has 0 radical (unpaired) electrons. The first-order valence-electron chi connectivity index (χ1n) is 8.08. The molecule has 2 rings (SSSR count). The zero-order chi connectivity index (χ0) is 15.3. The first-order valence-corrected chi connectivity index (χ1v) is 8.08. The summed E-state index contributed by atoms with van der Waals surface area (Å²) in [4.78, 5) is 2.35. The molecule has 1 unspecified atom stereocenters. The standard InChI is InChI=1S/C15H27F3N2O/c1-2-5-13-10-19-14(6-3-4-7-14)11-20(13)8-9-21-12-15(16,17)18/h13,19H,2-12H2,1H3. The minimum absolute atomic E-state index is 0.163. The fraction of sp³-hybridized carbons (Fsp3) is 1.00. The molecule has 1 N–H and O–H groups in total.